The Morgan fingerprint density at radius 3 is 2.25 bits per heavy atom. The van der Waals surface area contributed by atoms with Crippen LogP contribution in [0.2, 0.25) is 0 Å². The average molecular weight is 286 g/mol. The number of piperazine rings is 1. The molecule has 0 aliphatic carbocycles. The molecule has 2 rings (SSSR count). The Morgan fingerprint density at radius 2 is 1.75 bits per heavy atom. The van der Waals surface area contributed by atoms with Crippen molar-refractivity contribution < 1.29 is 27.6 Å². The summed E-state index contributed by atoms with van der Waals surface area (Å²) in [5, 5.41) is 2.05. The van der Waals surface area contributed by atoms with Gasteiger partial charge in [0.15, 0.2) is 6.29 Å². The van der Waals surface area contributed by atoms with Crippen LogP contribution in [0.1, 0.15) is 15.9 Å². The second kappa shape index (κ2) is 4.95. The maximum absolute atomic E-state index is 12.8. The van der Waals surface area contributed by atoms with Gasteiger partial charge in [0, 0.05) is 11.3 Å². The smallest absolute Gasteiger partial charge is 0.353 e. The van der Waals surface area contributed by atoms with E-state index in [9.17, 15) is 27.6 Å². The van der Waals surface area contributed by atoms with Gasteiger partial charge in [-0.1, -0.05) is 0 Å². The zero-order valence-electron chi connectivity index (χ0n) is 10.0. The molecule has 0 aromatic heterocycles. The Morgan fingerprint density at radius 1 is 1.15 bits per heavy atom. The van der Waals surface area contributed by atoms with Crippen molar-refractivity contribution in [1.29, 1.82) is 0 Å². The molecule has 1 heterocycles. The number of nitrogens with zero attached hydrogens (tertiary/aromatic N) is 1. The first-order valence-electron chi connectivity index (χ1n) is 5.55. The van der Waals surface area contributed by atoms with Crippen LogP contribution in [-0.2, 0) is 15.8 Å². The van der Waals surface area contributed by atoms with Crippen LogP contribution in [0.25, 0.3) is 0 Å². The van der Waals surface area contributed by atoms with E-state index in [-0.39, 0.29) is 25.1 Å². The van der Waals surface area contributed by atoms with Gasteiger partial charge in [-0.2, -0.15) is 13.2 Å². The summed E-state index contributed by atoms with van der Waals surface area (Å²) in [4.78, 5) is 34.3. The molecule has 0 atom stereocenters. The number of anilines is 1. The average Bonchev–Trinajstić information content (AvgIpc) is 2.35. The maximum atomic E-state index is 12.8. The van der Waals surface area contributed by atoms with E-state index in [4.69, 9.17) is 0 Å². The third-order valence-electron chi connectivity index (χ3n) is 2.78. The number of imide groups is 1. The number of aldehydes is 1. The van der Waals surface area contributed by atoms with Gasteiger partial charge in [0.1, 0.15) is 0 Å². The highest BCUT2D eigenvalue weighted by Gasteiger charge is 2.34. The van der Waals surface area contributed by atoms with Crippen molar-refractivity contribution in [3.63, 3.8) is 0 Å². The Kier molecular flexibility index (Phi) is 3.47. The molecule has 0 saturated carbocycles. The molecule has 20 heavy (non-hydrogen) atoms. The molecular weight excluding hydrogens is 277 g/mol. The van der Waals surface area contributed by atoms with Crippen LogP contribution in [-0.4, -0.2) is 31.2 Å². The summed E-state index contributed by atoms with van der Waals surface area (Å²) in [5.41, 5.74) is -1.52. The van der Waals surface area contributed by atoms with Gasteiger partial charge in [0.25, 0.3) is 0 Å². The van der Waals surface area contributed by atoms with E-state index in [2.05, 4.69) is 0 Å². The minimum absolute atomic E-state index is 0.0612. The van der Waals surface area contributed by atoms with Crippen LogP contribution in [0, 0.1) is 0 Å². The molecule has 0 spiro atoms. The zero-order chi connectivity index (χ0) is 14.9. The fraction of sp³-hybridized carbons (Fsp3) is 0.250. The van der Waals surface area contributed by atoms with E-state index in [0.717, 1.165) is 12.1 Å². The first-order chi connectivity index (χ1) is 9.31. The van der Waals surface area contributed by atoms with Crippen LogP contribution in [0.4, 0.5) is 18.9 Å². The van der Waals surface area contributed by atoms with E-state index in [1.54, 1.807) is 0 Å². The van der Waals surface area contributed by atoms with E-state index in [0.29, 0.717) is 0 Å². The number of hydrogen-bond acceptors (Lipinski definition) is 4. The largest absolute Gasteiger partial charge is 0.417 e. The minimum Gasteiger partial charge on any atom is -0.353 e. The summed E-state index contributed by atoms with van der Waals surface area (Å²) >= 11 is 0. The third-order valence-corrected chi connectivity index (χ3v) is 2.78. The first kappa shape index (κ1) is 14.0. The van der Waals surface area contributed by atoms with Crippen molar-refractivity contribution in [3.8, 4) is 0 Å². The number of nitrogens with one attached hydrogen (secondary N) is 1. The lowest BCUT2D eigenvalue weighted by Gasteiger charge is -2.28. The molecule has 1 aromatic rings. The lowest BCUT2D eigenvalue weighted by atomic mass is 10.1. The molecule has 1 aliphatic heterocycles. The molecular formula is C12H9F3N2O3. The Labute approximate surface area is 111 Å². The summed E-state index contributed by atoms with van der Waals surface area (Å²) in [6, 6.07) is 3.04. The van der Waals surface area contributed by atoms with Crippen molar-refractivity contribution >= 4 is 23.8 Å². The number of hydrogen-bond donors (Lipinski definition) is 1. The van der Waals surface area contributed by atoms with E-state index in [1.165, 1.54) is 11.0 Å². The van der Waals surface area contributed by atoms with Crippen LogP contribution >= 0.6 is 0 Å². The third kappa shape index (κ3) is 2.79. The first-order valence-corrected chi connectivity index (χ1v) is 5.55. The fourth-order valence-corrected chi connectivity index (χ4v) is 1.91. The van der Waals surface area contributed by atoms with Crippen molar-refractivity contribution in [3.05, 3.63) is 29.3 Å². The monoisotopic (exact) mass is 286 g/mol. The number of benzene rings is 1. The zero-order valence-corrected chi connectivity index (χ0v) is 10.0. The van der Waals surface area contributed by atoms with Gasteiger partial charge in [0.05, 0.1) is 18.7 Å². The molecule has 1 fully saturated rings. The van der Waals surface area contributed by atoms with Gasteiger partial charge in [0.2, 0.25) is 11.8 Å². The SMILES string of the molecule is O=Cc1ccc(N2CC(=O)NC(=O)C2)cc1C(F)(F)F. The van der Waals surface area contributed by atoms with Crippen molar-refractivity contribution in [2.75, 3.05) is 18.0 Å². The maximum Gasteiger partial charge on any atom is 0.417 e. The van der Waals surface area contributed by atoms with Crippen LogP contribution in [0.3, 0.4) is 0 Å². The topological polar surface area (TPSA) is 66.5 Å². The quantitative estimate of drug-likeness (QED) is 0.650. The molecule has 1 saturated heterocycles. The predicted octanol–water partition coefficient (Wildman–Crippen LogP) is 0.981. The summed E-state index contributed by atoms with van der Waals surface area (Å²) in [6.07, 6.45) is -4.57. The minimum atomic E-state index is -4.69. The molecule has 1 aliphatic rings. The van der Waals surface area contributed by atoms with Gasteiger partial charge in [-0.05, 0) is 18.2 Å². The summed E-state index contributed by atoms with van der Waals surface area (Å²) in [5.74, 6) is -1.18. The summed E-state index contributed by atoms with van der Waals surface area (Å²) in [6.45, 7) is -0.438. The predicted molar refractivity (Wildman–Crippen MR) is 62.2 cm³/mol. The molecule has 0 bridgehead atoms. The normalized spacial score (nSPS) is 16.1. The molecule has 2 amide bonds. The molecule has 106 valence electrons. The highest BCUT2D eigenvalue weighted by Crippen LogP contribution is 2.34. The molecule has 0 unspecified atom stereocenters. The summed E-state index contributed by atoms with van der Waals surface area (Å²) in [7, 11) is 0. The van der Waals surface area contributed by atoms with Crippen LogP contribution < -0.4 is 10.2 Å². The highest BCUT2D eigenvalue weighted by atomic mass is 19.4. The lowest BCUT2D eigenvalue weighted by molar-refractivity contribution is -0.137. The van der Waals surface area contributed by atoms with E-state index < -0.39 is 29.1 Å². The van der Waals surface area contributed by atoms with Gasteiger partial charge in [-0.3, -0.25) is 19.7 Å². The number of rotatable bonds is 2. The van der Waals surface area contributed by atoms with Crippen LogP contribution in [0.15, 0.2) is 18.2 Å². The fourth-order valence-electron chi connectivity index (χ4n) is 1.91. The van der Waals surface area contributed by atoms with Gasteiger partial charge < -0.3 is 4.90 Å². The standard InChI is InChI=1S/C12H9F3N2O3/c13-12(14,15)9-3-8(2-1-7(9)6-18)17-4-10(19)16-11(20)5-17/h1-3,6H,4-5H2,(H,16,19,20). The molecule has 0 radical (unpaired) electrons. The number of halogens is 3. The number of amides is 2. The van der Waals surface area contributed by atoms with E-state index >= 15 is 0 Å². The van der Waals surface area contributed by atoms with Gasteiger partial charge in [-0.25, -0.2) is 0 Å². The molecule has 1 aromatic carbocycles. The second-order valence-corrected chi connectivity index (χ2v) is 4.21. The number of carbonyl (C=O) groups excluding carboxylic acids is 3. The lowest BCUT2D eigenvalue weighted by Crippen LogP contribution is -2.51. The highest BCUT2D eigenvalue weighted by molar-refractivity contribution is 6.02. The summed E-state index contributed by atoms with van der Waals surface area (Å²) < 4.78 is 38.4. The van der Waals surface area contributed by atoms with Crippen LogP contribution in [0.5, 0.6) is 0 Å². The van der Waals surface area contributed by atoms with Gasteiger partial charge in [-0.15, -0.1) is 0 Å². The Hall–Kier alpha value is -2.38. The Balaban J connectivity index is 2.40. The number of alkyl halides is 3. The van der Waals surface area contributed by atoms with Crippen molar-refractivity contribution in [2.45, 2.75) is 6.18 Å². The number of carbonyl (C=O) groups is 3. The van der Waals surface area contributed by atoms with Gasteiger partial charge >= 0.3 is 6.18 Å². The Bertz CT molecular complexity index is 568. The molecule has 8 heteroatoms. The van der Waals surface area contributed by atoms with Crippen molar-refractivity contribution in [2.24, 2.45) is 0 Å². The van der Waals surface area contributed by atoms with Crippen molar-refractivity contribution in [1.82, 2.24) is 5.32 Å². The molecule has 1 N–H and O–H groups in total. The molecule has 5 nitrogen and oxygen atoms in total. The second-order valence-electron chi connectivity index (χ2n) is 4.21. The van der Waals surface area contributed by atoms with E-state index in [1.807, 2.05) is 5.32 Å².